The van der Waals surface area contributed by atoms with Crippen LogP contribution in [0.15, 0.2) is 11.6 Å². The largest absolute Gasteiger partial charge is 0.469 e. The van der Waals surface area contributed by atoms with Crippen LogP contribution in [0, 0.1) is 34.5 Å². The fraction of sp³-hybridized carbons (Fsp3) is 0.800. The minimum absolute atomic E-state index is 0.0328. The maximum absolute atomic E-state index is 12.7. The summed E-state index contributed by atoms with van der Waals surface area (Å²) in [5.41, 5.74) is -0.282. The van der Waals surface area contributed by atoms with Crippen LogP contribution in [0.4, 0.5) is 0 Å². The molecular formula is C25H38O7. The molecule has 3 rings (SSSR count). The Morgan fingerprint density at radius 2 is 1.97 bits per heavy atom. The Morgan fingerprint density at radius 3 is 2.53 bits per heavy atom. The number of rotatable bonds is 6. The molecule has 0 spiro atoms. The second-order valence-corrected chi connectivity index (χ2v) is 10.7. The maximum atomic E-state index is 12.7. The molecule has 1 N–H and O–H groups in total. The van der Waals surface area contributed by atoms with Crippen molar-refractivity contribution in [3.05, 3.63) is 11.6 Å². The smallest absolute Gasteiger partial charge is 0.331 e. The van der Waals surface area contributed by atoms with Gasteiger partial charge in [-0.25, -0.2) is 4.79 Å². The molecule has 7 nitrogen and oxygen atoms in total. The zero-order valence-corrected chi connectivity index (χ0v) is 20.2. The van der Waals surface area contributed by atoms with E-state index in [9.17, 15) is 19.5 Å². The number of hydrogen-bond acceptors (Lipinski definition) is 7. The third-order valence-electron chi connectivity index (χ3n) is 8.64. The van der Waals surface area contributed by atoms with Crippen molar-refractivity contribution in [1.29, 1.82) is 0 Å². The summed E-state index contributed by atoms with van der Waals surface area (Å²) in [4.78, 5) is 37.0. The summed E-state index contributed by atoms with van der Waals surface area (Å²) in [6, 6.07) is 0. The summed E-state index contributed by atoms with van der Waals surface area (Å²) >= 11 is 0. The molecule has 0 amide bonds. The molecule has 0 radical (unpaired) electrons. The lowest BCUT2D eigenvalue weighted by Gasteiger charge is -2.62. The number of aliphatic hydroxyl groups is 1. The van der Waals surface area contributed by atoms with Crippen LogP contribution in [0.5, 0.6) is 0 Å². The van der Waals surface area contributed by atoms with Crippen LogP contribution in [0.2, 0.25) is 0 Å². The molecule has 3 aliphatic rings. The molecule has 2 saturated carbocycles. The number of hydrogen-bond donors (Lipinski definition) is 1. The average molecular weight is 451 g/mol. The Morgan fingerprint density at radius 1 is 1.28 bits per heavy atom. The van der Waals surface area contributed by atoms with E-state index in [1.54, 1.807) is 13.8 Å². The van der Waals surface area contributed by atoms with Gasteiger partial charge in [0.15, 0.2) is 0 Å². The Balaban J connectivity index is 1.99. The van der Waals surface area contributed by atoms with Gasteiger partial charge in [0.25, 0.3) is 0 Å². The summed E-state index contributed by atoms with van der Waals surface area (Å²) in [5.74, 6) is -1.51. The van der Waals surface area contributed by atoms with E-state index in [4.69, 9.17) is 14.2 Å². The van der Waals surface area contributed by atoms with Crippen molar-refractivity contribution in [3.63, 3.8) is 0 Å². The van der Waals surface area contributed by atoms with Crippen LogP contribution >= 0.6 is 0 Å². The first-order valence-corrected chi connectivity index (χ1v) is 11.8. The third kappa shape index (κ3) is 4.20. The molecule has 7 atom stereocenters. The number of fused-ring (bicyclic) bond motifs is 1. The first-order valence-electron chi connectivity index (χ1n) is 11.8. The van der Waals surface area contributed by atoms with Gasteiger partial charge in [-0.05, 0) is 42.9 Å². The summed E-state index contributed by atoms with van der Waals surface area (Å²) in [6.07, 6.45) is 3.74. The van der Waals surface area contributed by atoms with Crippen LogP contribution in [0.25, 0.3) is 0 Å². The quantitative estimate of drug-likeness (QED) is 0.489. The number of carbonyl (C=O) groups excluding carboxylic acids is 3. The highest BCUT2D eigenvalue weighted by Gasteiger charge is 2.62. The normalized spacial score (nSPS) is 37.9. The van der Waals surface area contributed by atoms with Gasteiger partial charge < -0.3 is 19.3 Å². The highest BCUT2D eigenvalue weighted by molar-refractivity contribution is 5.85. The lowest BCUT2D eigenvalue weighted by molar-refractivity contribution is -0.200. The van der Waals surface area contributed by atoms with Crippen LogP contribution in [-0.2, 0) is 28.6 Å². The minimum atomic E-state index is -0.629. The van der Waals surface area contributed by atoms with E-state index in [1.165, 1.54) is 13.2 Å². The molecular weight excluding hydrogens is 412 g/mol. The third-order valence-corrected chi connectivity index (χ3v) is 8.64. The topological polar surface area (TPSA) is 99.1 Å². The van der Waals surface area contributed by atoms with Gasteiger partial charge in [-0.1, -0.05) is 41.0 Å². The van der Waals surface area contributed by atoms with Crippen LogP contribution < -0.4 is 0 Å². The molecule has 1 heterocycles. The van der Waals surface area contributed by atoms with Gasteiger partial charge in [0.1, 0.15) is 12.7 Å². The van der Waals surface area contributed by atoms with Gasteiger partial charge in [0, 0.05) is 17.1 Å². The number of aliphatic hydroxyl groups excluding tert-OH is 1. The Hall–Kier alpha value is -1.89. The van der Waals surface area contributed by atoms with Crippen molar-refractivity contribution >= 4 is 17.9 Å². The molecule has 0 aromatic carbocycles. The molecule has 2 fully saturated rings. The predicted octanol–water partition coefficient (Wildman–Crippen LogP) is 3.43. The van der Waals surface area contributed by atoms with E-state index in [1.807, 2.05) is 6.92 Å². The highest BCUT2D eigenvalue weighted by Crippen LogP contribution is 2.63. The number of ether oxygens (including phenoxy) is 3. The zero-order valence-electron chi connectivity index (χ0n) is 20.2. The Labute approximate surface area is 190 Å². The van der Waals surface area contributed by atoms with Crippen molar-refractivity contribution in [3.8, 4) is 0 Å². The summed E-state index contributed by atoms with van der Waals surface area (Å²) < 4.78 is 16.1. The number of esters is 3. The van der Waals surface area contributed by atoms with E-state index in [0.29, 0.717) is 24.8 Å². The first kappa shape index (κ1) is 24.7. The molecule has 0 aromatic heterocycles. The van der Waals surface area contributed by atoms with Crippen molar-refractivity contribution in [2.24, 2.45) is 34.5 Å². The SMILES string of the molecule is COC(=O)[C@@H]1CCC[C@@H]2[C@@](C)(C[C@H](OC(=O)C(C)C)C3=CC(=O)OC3)[C@H](C)C[C@H](O)[C@]21C. The van der Waals surface area contributed by atoms with E-state index in [2.05, 4.69) is 13.8 Å². The van der Waals surface area contributed by atoms with E-state index in [0.717, 1.165) is 12.8 Å². The highest BCUT2D eigenvalue weighted by atomic mass is 16.6. The lowest BCUT2D eigenvalue weighted by Crippen LogP contribution is -2.61. The molecule has 0 bridgehead atoms. The summed E-state index contributed by atoms with van der Waals surface area (Å²) in [5, 5.41) is 11.2. The van der Waals surface area contributed by atoms with Crippen LogP contribution in [-0.4, -0.2) is 48.9 Å². The second kappa shape index (κ2) is 9.16. The van der Waals surface area contributed by atoms with E-state index < -0.39 is 23.6 Å². The van der Waals surface area contributed by atoms with Gasteiger partial charge in [-0.3, -0.25) is 9.59 Å². The van der Waals surface area contributed by atoms with Gasteiger partial charge in [0.2, 0.25) is 0 Å². The molecule has 1 aliphatic heterocycles. The summed E-state index contributed by atoms with van der Waals surface area (Å²) in [6.45, 7) is 10.0. The minimum Gasteiger partial charge on any atom is -0.469 e. The summed E-state index contributed by atoms with van der Waals surface area (Å²) in [7, 11) is 1.40. The maximum Gasteiger partial charge on any atom is 0.331 e. The van der Waals surface area contributed by atoms with Crippen LogP contribution in [0.1, 0.15) is 66.7 Å². The Kier molecular flexibility index (Phi) is 7.08. The first-order chi connectivity index (χ1) is 14.9. The van der Waals surface area contributed by atoms with Gasteiger partial charge in [-0.2, -0.15) is 0 Å². The van der Waals surface area contributed by atoms with E-state index in [-0.39, 0.29) is 47.6 Å². The molecule has 2 aliphatic carbocycles. The van der Waals surface area contributed by atoms with Gasteiger partial charge in [0.05, 0.1) is 25.0 Å². The molecule has 0 aromatic rings. The van der Waals surface area contributed by atoms with Crippen molar-refractivity contribution in [2.75, 3.05) is 13.7 Å². The van der Waals surface area contributed by atoms with Crippen molar-refractivity contribution in [1.82, 2.24) is 0 Å². The zero-order chi connectivity index (χ0) is 23.8. The fourth-order valence-electron chi connectivity index (χ4n) is 6.45. The average Bonchev–Trinajstić information content (AvgIpc) is 3.17. The number of carbonyl (C=O) groups is 3. The van der Waals surface area contributed by atoms with Gasteiger partial charge in [-0.15, -0.1) is 0 Å². The van der Waals surface area contributed by atoms with Gasteiger partial charge >= 0.3 is 17.9 Å². The van der Waals surface area contributed by atoms with Crippen LogP contribution in [0.3, 0.4) is 0 Å². The molecule has 180 valence electrons. The number of cyclic esters (lactones) is 1. The fourth-order valence-corrected chi connectivity index (χ4v) is 6.45. The number of methoxy groups -OCH3 is 1. The Bertz CT molecular complexity index is 787. The second-order valence-electron chi connectivity index (χ2n) is 10.7. The van der Waals surface area contributed by atoms with E-state index >= 15 is 0 Å². The molecule has 0 saturated heterocycles. The van der Waals surface area contributed by atoms with Crippen molar-refractivity contribution < 1.29 is 33.7 Å². The predicted molar refractivity (Wildman–Crippen MR) is 117 cm³/mol. The monoisotopic (exact) mass is 450 g/mol. The standard InChI is InChI=1S/C25H38O7/c1-14(2)22(28)32-18(16-11-21(27)31-13-16)12-24(4)15(3)10-20(26)25(5)17(23(29)30-6)8-7-9-19(24)25/h11,14-15,17-20,26H,7-10,12-13H2,1-6H3/t15-,17+,18+,19-,20+,24+,25+/m1/s1. The van der Waals surface area contributed by atoms with Crippen molar-refractivity contribution in [2.45, 2.75) is 78.9 Å². The lowest BCUT2D eigenvalue weighted by atomic mass is 9.43. The molecule has 32 heavy (non-hydrogen) atoms. The molecule has 7 heteroatoms. The molecule has 0 unspecified atom stereocenters.